The van der Waals surface area contributed by atoms with Gasteiger partial charge in [-0.2, -0.15) is 0 Å². The molecule has 0 aliphatic rings. The van der Waals surface area contributed by atoms with Gasteiger partial charge in [0.25, 0.3) is 5.92 Å². The molecule has 0 aliphatic carbocycles. The molecule has 3 rings (SSSR count). The van der Waals surface area contributed by atoms with Crippen LogP contribution in [0.5, 0.6) is 17.2 Å². The fourth-order valence-electron chi connectivity index (χ4n) is 3.11. The number of alkyl halides is 3. The lowest BCUT2D eigenvalue weighted by molar-refractivity contribution is -0.155. The molecule has 0 fully saturated rings. The Bertz CT molecular complexity index is 1010. The first-order valence-electron chi connectivity index (χ1n) is 10.1. The van der Waals surface area contributed by atoms with Gasteiger partial charge in [-0.05, 0) is 54.4 Å². The molecule has 0 N–H and O–H groups in total. The highest BCUT2D eigenvalue weighted by Crippen LogP contribution is 2.36. The van der Waals surface area contributed by atoms with Crippen molar-refractivity contribution in [2.75, 3.05) is 12.5 Å². The minimum Gasteiger partial charge on any atom is -0.494 e. The van der Waals surface area contributed by atoms with Crippen molar-refractivity contribution in [1.82, 2.24) is 0 Å². The molecule has 0 radical (unpaired) electrons. The lowest BCUT2D eigenvalue weighted by Crippen LogP contribution is -2.35. The van der Waals surface area contributed by atoms with E-state index in [-0.39, 0.29) is 12.2 Å². The minimum atomic E-state index is -3.48. The van der Waals surface area contributed by atoms with Crippen LogP contribution in [0.15, 0.2) is 78.9 Å². The molecule has 0 aliphatic heterocycles. The van der Waals surface area contributed by atoms with Crippen LogP contribution in [0.2, 0.25) is 0 Å². The molecule has 1 unspecified atom stereocenters. The monoisotopic (exact) mass is 460 g/mol. The topological polar surface area (TPSA) is 44.8 Å². The summed E-state index contributed by atoms with van der Waals surface area (Å²) < 4.78 is 45.4. The summed E-state index contributed by atoms with van der Waals surface area (Å²) >= 11 is 5.48. The van der Waals surface area contributed by atoms with Crippen LogP contribution in [0.25, 0.3) is 0 Å². The smallest absolute Gasteiger partial charge is 0.319 e. The van der Waals surface area contributed by atoms with E-state index in [1.165, 1.54) is 24.3 Å². The molecule has 3 aromatic rings. The Balaban J connectivity index is 1.72. The zero-order chi connectivity index (χ0) is 23.0. The molecule has 0 aromatic heterocycles. The Morgan fingerprint density at radius 3 is 2.28 bits per heavy atom. The average Bonchev–Trinajstić information content (AvgIpc) is 2.80. The van der Waals surface area contributed by atoms with E-state index in [0.29, 0.717) is 29.4 Å². The van der Waals surface area contributed by atoms with Crippen molar-refractivity contribution in [3.63, 3.8) is 0 Å². The van der Waals surface area contributed by atoms with Crippen LogP contribution in [-0.4, -0.2) is 24.4 Å². The zero-order valence-electron chi connectivity index (χ0n) is 17.5. The maximum Gasteiger partial charge on any atom is 0.319 e. The number of hydrogen-bond acceptors (Lipinski definition) is 4. The quantitative estimate of drug-likeness (QED) is 0.253. The third kappa shape index (κ3) is 6.20. The van der Waals surface area contributed by atoms with Crippen LogP contribution in [0.1, 0.15) is 24.0 Å². The maximum atomic E-state index is 14.6. The van der Waals surface area contributed by atoms with E-state index in [2.05, 4.69) is 0 Å². The van der Waals surface area contributed by atoms with Crippen molar-refractivity contribution >= 4 is 17.6 Å². The average molecular weight is 461 g/mol. The first-order valence-corrected chi connectivity index (χ1v) is 10.6. The van der Waals surface area contributed by atoms with Gasteiger partial charge in [0.15, 0.2) is 0 Å². The number of ether oxygens (including phenoxy) is 3. The molecule has 4 nitrogen and oxygen atoms in total. The number of hydrogen-bond donors (Lipinski definition) is 0. The second-order valence-corrected chi connectivity index (χ2v) is 7.27. The Morgan fingerprint density at radius 1 is 0.938 bits per heavy atom. The van der Waals surface area contributed by atoms with Gasteiger partial charge < -0.3 is 14.2 Å². The van der Waals surface area contributed by atoms with Crippen LogP contribution in [0.4, 0.5) is 8.78 Å². The number of para-hydroxylation sites is 1. The van der Waals surface area contributed by atoms with E-state index < -0.39 is 23.7 Å². The largest absolute Gasteiger partial charge is 0.494 e. The Kier molecular flexibility index (Phi) is 8.06. The van der Waals surface area contributed by atoms with Gasteiger partial charge in [-0.1, -0.05) is 42.5 Å². The highest BCUT2D eigenvalue weighted by Gasteiger charge is 2.46. The molecule has 0 heterocycles. The van der Waals surface area contributed by atoms with E-state index in [0.717, 1.165) is 0 Å². The van der Waals surface area contributed by atoms with E-state index in [9.17, 15) is 13.6 Å². The molecule has 1 atom stereocenters. The van der Waals surface area contributed by atoms with Crippen LogP contribution in [0.3, 0.4) is 0 Å². The van der Waals surface area contributed by atoms with Gasteiger partial charge in [0.2, 0.25) is 0 Å². The molecular formula is C25H23ClF2O4. The zero-order valence-corrected chi connectivity index (χ0v) is 18.2. The van der Waals surface area contributed by atoms with Crippen LogP contribution in [0, 0.1) is 0 Å². The highest BCUT2D eigenvalue weighted by molar-refractivity contribution is 6.18. The number of carbonyl (C=O) groups is 1. The minimum absolute atomic E-state index is 0.102. The summed E-state index contributed by atoms with van der Waals surface area (Å²) in [5.41, 5.74) is 0.705. The van der Waals surface area contributed by atoms with Crippen molar-refractivity contribution in [2.45, 2.75) is 25.4 Å². The van der Waals surface area contributed by atoms with Crippen LogP contribution < -0.4 is 9.47 Å². The maximum absolute atomic E-state index is 14.6. The summed E-state index contributed by atoms with van der Waals surface area (Å²) in [5.74, 6) is -5.68. The summed E-state index contributed by atoms with van der Waals surface area (Å²) in [6.45, 7) is 2.07. The SMILES string of the molecule is CCOc1ccc(C(C(=O)OCc2cccc(Oc3ccccc3)c2)C(F)(F)CCl)cc1. The Morgan fingerprint density at radius 2 is 1.62 bits per heavy atom. The number of rotatable bonds is 10. The predicted molar refractivity (Wildman–Crippen MR) is 119 cm³/mol. The van der Waals surface area contributed by atoms with Crippen molar-refractivity contribution < 1.29 is 27.8 Å². The molecular weight excluding hydrogens is 438 g/mol. The van der Waals surface area contributed by atoms with Gasteiger partial charge in [0, 0.05) is 0 Å². The van der Waals surface area contributed by atoms with Gasteiger partial charge in [-0.15, -0.1) is 11.6 Å². The Hall–Kier alpha value is -3.12. The third-order valence-corrected chi connectivity index (χ3v) is 4.98. The summed E-state index contributed by atoms with van der Waals surface area (Å²) in [4.78, 5) is 12.7. The van der Waals surface area contributed by atoms with Gasteiger partial charge >= 0.3 is 5.97 Å². The van der Waals surface area contributed by atoms with Gasteiger partial charge in [-0.25, -0.2) is 8.78 Å². The standard InChI is InChI=1S/C25H23ClF2O4/c1-2-30-20-13-11-19(12-14-20)23(25(27,28)17-26)24(29)31-16-18-7-6-10-22(15-18)32-21-8-4-3-5-9-21/h3-15,23H,2,16-17H2,1H3. The molecule has 32 heavy (non-hydrogen) atoms. The highest BCUT2D eigenvalue weighted by atomic mass is 35.5. The van der Waals surface area contributed by atoms with E-state index in [4.69, 9.17) is 25.8 Å². The predicted octanol–water partition coefficient (Wildman–Crippen LogP) is 6.58. The molecule has 7 heteroatoms. The van der Waals surface area contributed by atoms with Crippen LogP contribution in [-0.2, 0) is 16.1 Å². The molecule has 0 saturated carbocycles. The molecule has 3 aromatic carbocycles. The lowest BCUT2D eigenvalue weighted by Gasteiger charge is -2.24. The number of esters is 1. The summed E-state index contributed by atoms with van der Waals surface area (Å²) in [5, 5.41) is 0. The second-order valence-electron chi connectivity index (χ2n) is 7.00. The number of carbonyl (C=O) groups excluding carboxylic acids is 1. The molecule has 0 amide bonds. The summed E-state index contributed by atoms with van der Waals surface area (Å²) in [6.07, 6.45) is 0. The normalized spacial score (nSPS) is 12.1. The third-order valence-electron chi connectivity index (χ3n) is 4.62. The summed E-state index contributed by atoms with van der Waals surface area (Å²) in [6, 6.07) is 22.0. The first-order chi connectivity index (χ1) is 15.4. The molecule has 0 spiro atoms. The second kappa shape index (κ2) is 11.0. The fourth-order valence-corrected chi connectivity index (χ4v) is 3.27. The van der Waals surface area contributed by atoms with Crippen molar-refractivity contribution in [1.29, 1.82) is 0 Å². The van der Waals surface area contributed by atoms with Crippen molar-refractivity contribution in [2.24, 2.45) is 0 Å². The fraction of sp³-hybridized carbons (Fsp3) is 0.240. The van der Waals surface area contributed by atoms with E-state index in [1.54, 1.807) is 24.3 Å². The van der Waals surface area contributed by atoms with Gasteiger partial charge in [0.05, 0.1) is 12.5 Å². The lowest BCUT2D eigenvalue weighted by atomic mass is 9.93. The number of benzene rings is 3. The Labute approximate surface area is 190 Å². The first kappa shape index (κ1) is 23.5. The number of halogens is 3. The van der Waals surface area contributed by atoms with Gasteiger partial charge in [-0.3, -0.25) is 4.79 Å². The molecule has 168 valence electrons. The van der Waals surface area contributed by atoms with E-state index in [1.807, 2.05) is 37.3 Å². The molecule has 0 bridgehead atoms. The molecule has 0 saturated heterocycles. The summed E-state index contributed by atoms with van der Waals surface area (Å²) in [7, 11) is 0. The van der Waals surface area contributed by atoms with Gasteiger partial charge in [0.1, 0.15) is 29.8 Å². The van der Waals surface area contributed by atoms with Crippen LogP contribution >= 0.6 is 11.6 Å². The van der Waals surface area contributed by atoms with Crippen molar-refractivity contribution in [3.8, 4) is 17.2 Å². The van der Waals surface area contributed by atoms with E-state index >= 15 is 0 Å². The van der Waals surface area contributed by atoms with Crippen molar-refractivity contribution in [3.05, 3.63) is 90.0 Å².